The molecule has 53 heavy (non-hydrogen) atoms. The van der Waals surface area contributed by atoms with Crippen molar-refractivity contribution in [1.29, 1.82) is 10.8 Å². The summed E-state index contributed by atoms with van der Waals surface area (Å²) in [5.74, 6) is 1.73. The number of aromatic nitrogens is 1. The lowest BCUT2D eigenvalue weighted by molar-refractivity contribution is 0.132. The molecular weight excluding hydrogens is 651 g/mol. The third-order valence-corrected chi connectivity index (χ3v) is 11.8. The molecule has 1 aromatic heterocycles. The molecule has 2 saturated heterocycles. The van der Waals surface area contributed by atoms with Crippen molar-refractivity contribution in [1.82, 2.24) is 9.88 Å². The summed E-state index contributed by atoms with van der Waals surface area (Å²) in [6.45, 7) is 12.7. The van der Waals surface area contributed by atoms with Gasteiger partial charge in [0.15, 0.2) is 0 Å². The number of nitrogens with one attached hydrogen (secondary N) is 3. The van der Waals surface area contributed by atoms with Gasteiger partial charge in [0.2, 0.25) is 0 Å². The first-order chi connectivity index (χ1) is 26.0. The van der Waals surface area contributed by atoms with Gasteiger partial charge in [0.1, 0.15) is 5.82 Å². The minimum Gasteiger partial charge on any atom is -0.381 e. The molecule has 274 valence electrons. The van der Waals surface area contributed by atoms with Gasteiger partial charge in [-0.2, -0.15) is 0 Å². The molecule has 7 heteroatoms. The molecular formula is C46H55N7. The number of hydrogen-bond donors (Lipinski definition) is 3. The Bertz CT molecular complexity index is 1940. The van der Waals surface area contributed by atoms with Crippen LogP contribution in [0.1, 0.15) is 80.4 Å². The van der Waals surface area contributed by atoms with Crippen LogP contribution in [0.4, 0.5) is 17.2 Å². The van der Waals surface area contributed by atoms with E-state index in [1.54, 1.807) is 6.08 Å². The lowest BCUT2D eigenvalue weighted by Crippen LogP contribution is -2.47. The first-order valence-corrected chi connectivity index (χ1v) is 19.7. The maximum atomic E-state index is 8.59. The zero-order valence-electron chi connectivity index (χ0n) is 31.4. The quantitative estimate of drug-likeness (QED) is 0.126. The van der Waals surface area contributed by atoms with Crippen LogP contribution in [0.5, 0.6) is 0 Å². The number of nitrogens with zero attached hydrogens (tertiary/aromatic N) is 4. The first kappa shape index (κ1) is 36.4. The van der Waals surface area contributed by atoms with Crippen LogP contribution in [0.3, 0.4) is 0 Å². The predicted molar refractivity (Wildman–Crippen MR) is 224 cm³/mol. The summed E-state index contributed by atoms with van der Waals surface area (Å²) in [6, 6.07) is 26.6. The van der Waals surface area contributed by atoms with Crippen LogP contribution in [-0.4, -0.2) is 59.6 Å². The Kier molecular flexibility index (Phi) is 11.5. The van der Waals surface area contributed by atoms with Gasteiger partial charge in [0, 0.05) is 47.8 Å². The van der Waals surface area contributed by atoms with Crippen molar-refractivity contribution in [2.75, 3.05) is 41.3 Å². The van der Waals surface area contributed by atoms with E-state index in [2.05, 4.69) is 83.9 Å². The molecule has 0 atom stereocenters. The minimum atomic E-state index is 0.412. The van der Waals surface area contributed by atoms with Gasteiger partial charge in [0.25, 0.3) is 0 Å². The van der Waals surface area contributed by atoms with Gasteiger partial charge >= 0.3 is 0 Å². The average Bonchev–Trinajstić information content (AvgIpc) is 3.58. The SMILES string of the molecule is C=C.Cc1cccc2c(N3CCC(N4CCC(c5ccc(N6C=CC(=N)/C6=C\C(=N)c6ccccc6)cc5)CC4)CC3)ncc(NC3CCCCC3)c12. The summed E-state index contributed by atoms with van der Waals surface area (Å²) >= 11 is 0. The predicted octanol–water partition coefficient (Wildman–Crippen LogP) is 10.2. The fourth-order valence-corrected chi connectivity index (χ4v) is 8.90. The highest BCUT2D eigenvalue weighted by Crippen LogP contribution is 2.37. The maximum absolute atomic E-state index is 8.59. The monoisotopic (exact) mass is 705 g/mol. The number of allylic oxidation sites excluding steroid dienone is 2. The van der Waals surface area contributed by atoms with Crippen molar-refractivity contribution in [2.45, 2.75) is 82.7 Å². The largest absolute Gasteiger partial charge is 0.381 e. The highest BCUT2D eigenvalue weighted by atomic mass is 15.2. The molecule has 4 heterocycles. The Balaban J connectivity index is 0.00000214. The number of piperidine rings is 2. The molecule has 3 N–H and O–H groups in total. The lowest BCUT2D eigenvalue weighted by atomic mass is 9.88. The molecule has 0 bridgehead atoms. The Morgan fingerprint density at radius 2 is 1.55 bits per heavy atom. The molecule has 7 nitrogen and oxygen atoms in total. The summed E-state index contributed by atoms with van der Waals surface area (Å²) < 4.78 is 0. The molecule has 1 aliphatic carbocycles. The van der Waals surface area contributed by atoms with E-state index in [4.69, 9.17) is 15.8 Å². The number of hydrogen-bond acceptors (Lipinski definition) is 7. The number of rotatable bonds is 8. The molecule has 4 aromatic rings. The van der Waals surface area contributed by atoms with Gasteiger partial charge in [0.05, 0.1) is 29.0 Å². The van der Waals surface area contributed by atoms with Crippen LogP contribution in [-0.2, 0) is 0 Å². The van der Waals surface area contributed by atoms with Crippen molar-refractivity contribution in [3.05, 3.63) is 133 Å². The number of fused-ring (bicyclic) bond motifs is 1. The van der Waals surface area contributed by atoms with Crippen LogP contribution in [0.25, 0.3) is 10.8 Å². The molecule has 3 aliphatic heterocycles. The second kappa shape index (κ2) is 16.8. The van der Waals surface area contributed by atoms with Crippen LogP contribution >= 0.6 is 0 Å². The highest BCUT2D eigenvalue weighted by molar-refractivity contribution is 6.18. The molecule has 0 radical (unpaired) electrons. The number of likely N-dealkylation sites (tertiary alicyclic amines) is 1. The third-order valence-electron chi connectivity index (χ3n) is 11.8. The fourth-order valence-electron chi connectivity index (χ4n) is 8.90. The minimum absolute atomic E-state index is 0.412. The van der Waals surface area contributed by atoms with Crippen LogP contribution < -0.4 is 15.1 Å². The van der Waals surface area contributed by atoms with Gasteiger partial charge in [-0.25, -0.2) is 4.98 Å². The smallest absolute Gasteiger partial charge is 0.136 e. The summed E-state index contributed by atoms with van der Waals surface area (Å²) in [7, 11) is 0. The van der Waals surface area contributed by atoms with Crippen molar-refractivity contribution >= 4 is 39.4 Å². The van der Waals surface area contributed by atoms with Crippen molar-refractivity contribution < 1.29 is 0 Å². The normalized spacial score (nSPS) is 19.8. The van der Waals surface area contributed by atoms with E-state index < -0.39 is 0 Å². The maximum Gasteiger partial charge on any atom is 0.136 e. The average molecular weight is 706 g/mol. The number of anilines is 3. The Labute approximate surface area is 316 Å². The van der Waals surface area contributed by atoms with E-state index in [0.717, 1.165) is 48.9 Å². The molecule has 3 fully saturated rings. The van der Waals surface area contributed by atoms with E-state index in [0.29, 0.717) is 29.4 Å². The molecule has 8 rings (SSSR count). The van der Waals surface area contributed by atoms with Gasteiger partial charge in [-0.3, -0.25) is 5.41 Å². The Hall–Kier alpha value is -5.01. The van der Waals surface area contributed by atoms with Gasteiger partial charge in [-0.15, -0.1) is 13.2 Å². The van der Waals surface area contributed by atoms with Crippen molar-refractivity contribution in [3.8, 4) is 0 Å². The zero-order valence-corrected chi connectivity index (χ0v) is 31.4. The second-order valence-electron chi connectivity index (χ2n) is 15.0. The van der Waals surface area contributed by atoms with E-state index in [9.17, 15) is 0 Å². The van der Waals surface area contributed by atoms with Crippen LogP contribution in [0.2, 0.25) is 0 Å². The summed E-state index contributed by atoms with van der Waals surface area (Å²) in [4.78, 5) is 12.4. The molecule has 3 aromatic carbocycles. The van der Waals surface area contributed by atoms with Crippen LogP contribution in [0.15, 0.2) is 116 Å². The Morgan fingerprint density at radius 3 is 2.26 bits per heavy atom. The van der Waals surface area contributed by atoms with Gasteiger partial charge in [-0.1, -0.05) is 79.9 Å². The molecule has 4 aliphatic rings. The van der Waals surface area contributed by atoms with E-state index >= 15 is 0 Å². The van der Waals surface area contributed by atoms with E-state index in [1.807, 2.05) is 47.5 Å². The highest BCUT2D eigenvalue weighted by Gasteiger charge is 2.30. The molecule has 0 amide bonds. The standard InChI is InChI=1S/C44H51N7.C2H4/c1-31-9-8-14-38-43(31)41(48-35-12-6-3-7-13-35)30-47-44(38)50-26-21-36(22-27-50)49-24-19-33(20-25-49)32-15-17-37(18-16-32)51-28-23-39(45)42(51)29-40(46)34-10-4-2-5-11-34;1-2/h2,4-5,8-11,14-18,23,28-30,33,35-36,45-46,48H,3,6-7,12-13,19-22,24-27H2,1H3;1-2H2/b42-29+,45-39?,46-40?;. The van der Waals surface area contributed by atoms with Crippen molar-refractivity contribution in [2.24, 2.45) is 0 Å². The number of pyridine rings is 1. The molecule has 1 saturated carbocycles. The topological polar surface area (TPSA) is 82.3 Å². The number of aryl methyl sites for hydroxylation is 1. The Morgan fingerprint density at radius 1 is 0.830 bits per heavy atom. The lowest BCUT2D eigenvalue weighted by Gasteiger charge is -2.42. The van der Waals surface area contributed by atoms with E-state index in [1.165, 1.54) is 85.4 Å². The summed E-state index contributed by atoms with van der Waals surface area (Å²) in [6.07, 6.45) is 19.0. The fraction of sp³-hybridized carbons (Fsp3) is 0.370. The third kappa shape index (κ3) is 8.01. The molecule has 0 spiro atoms. The molecule has 0 unspecified atom stereocenters. The van der Waals surface area contributed by atoms with Crippen molar-refractivity contribution in [3.63, 3.8) is 0 Å². The number of benzene rings is 3. The second-order valence-corrected chi connectivity index (χ2v) is 15.0. The van der Waals surface area contributed by atoms with Crippen LogP contribution in [0, 0.1) is 17.7 Å². The van der Waals surface area contributed by atoms with Gasteiger partial charge in [-0.05, 0) is 105 Å². The zero-order chi connectivity index (χ0) is 36.7. The first-order valence-electron chi connectivity index (χ1n) is 19.7. The summed E-state index contributed by atoms with van der Waals surface area (Å²) in [5.41, 5.74) is 7.40. The van der Waals surface area contributed by atoms with Gasteiger partial charge < -0.3 is 25.4 Å². The van der Waals surface area contributed by atoms with E-state index in [-0.39, 0.29) is 0 Å². The summed E-state index contributed by atoms with van der Waals surface area (Å²) in [5, 5.41) is 23.6.